The zero-order valence-electron chi connectivity index (χ0n) is 9.30. The Balaban J connectivity index is 2.44. The van der Waals surface area contributed by atoms with E-state index in [2.05, 4.69) is 4.98 Å². The van der Waals surface area contributed by atoms with Gasteiger partial charge in [0.1, 0.15) is 0 Å². The summed E-state index contributed by atoms with van der Waals surface area (Å²) in [6.07, 6.45) is 0. The number of nitrogens with zero attached hydrogens (tertiary/aromatic N) is 1. The van der Waals surface area contributed by atoms with E-state index in [4.69, 9.17) is 40.2 Å². The predicted molar refractivity (Wildman–Crippen MR) is 73.6 cm³/mol. The first-order valence-electron chi connectivity index (χ1n) is 5.28. The molecule has 0 aliphatic rings. The number of ether oxygens (including phenoxy) is 1. The molecule has 2 rings (SSSR count). The lowest BCUT2D eigenvalue weighted by molar-refractivity contribution is 0.139. The molecule has 3 nitrogen and oxygen atoms in total. The average Bonchev–Trinajstić information content (AvgIpc) is 2.57. The molecule has 17 heavy (non-hydrogen) atoms. The summed E-state index contributed by atoms with van der Waals surface area (Å²) < 4.78 is 7.94. The number of halogens is 2. The molecule has 0 saturated carbocycles. The van der Waals surface area contributed by atoms with Gasteiger partial charge in [-0.2, -0.15) is 0 Å². The number of benzene rings is 1. The number of aromatic nitrogens is 2. The van der Waals surface area contributed by atoms with Crippen LogP contribution in [-0.4, -0.2) is 22.8 Å². The number of fused-ring (bicyclic) bond motifs is 1. The molecular formula is C11H12Cl2N2OS. The van der Waals surface area contributed by atoms with Crippen molar-refractivity contribution in [2.45, 2.75) is 13.5 Å². The maximum atomic E-state index is 6.01. The summed E-state index contributed by atoms with van der Waals surface area (Å²) in [6, 6.07) is 3.60. The molecule has 1 N–H and O–H groups in total. The zero-order chi connectivity index (χ0) is 12.4. The topological polar surface area (TPSA) is 29.9 Å². The molecular weight excluding hydrogens is 279 g/mol. The van der Waals surface area contributed by atoms with Crippen molar-refractivity contribution < 1.29 is 4.74 Å². The molecule has 0 saturated heterocycles. The minimum absolute atomic E-state index is 0.521. The van der Waals surface area contributed by atoms with E-state index in [1.54, 1.807) is 6.07 Å². The molecule has 2 aromatic rings. The summed E-state index contributed by atoms with van der Waals surface area (Å²) in [5.41, 5.74) is 1.84. The van der Waals surface area contributed by atoms with Gasteiger partial charge < -0.3 is 14.3 Å². The zero-order valence-corrected chi connectivity index (χ0v) is 11.6. The van der Waals surface area contributed by atoms with E-state index in [0.717, 1.165) is 11.0 Å². The van der Waals surface area contributed by atoms with Crippen molar-refractivity contribution >= 4 is 46.5 Å². The molecule has 0 atom stereocenters. The average molecular weight is 291 g/mol. The van der Waals surface area contributed by atoms with Crippen molar-refractivity contribution in [1.29, 1.82) is 0 Å². The third kappa shape index (κ3) is 2.65. The molecule has 0 aliphatic heterocycles. The molecule has 1 aromatic heterocycles. The van der Waals surface area contributed by atoms with Gasteiger partial charge in [0.2, 0.25) is 0 Å². The van der Waals surface area contributed by atoms with Crippen molar-refractivity contribution in [3.63, 3.8) is 0 Å². The van der Waals surface area contributed by atoms with Crippen LogP contribution in [0.15, 0.2) is 12.1 Å². The van der Waals surface area contributed by atoms with Crippen LogP contribution in [-0.2, 0) is 11.3 Å². The highest BCUT2D eigenvalue weighted by molar-refractivity contribution is 7.71. The molecule has 0 amide bonds. The molecule has 92 valence electrons. The fourth-order valence-corrected chi connectivity index (χ4v) is 2.30. The SMILES string of the molecule is CCOCCn1c(=S)[nH]c2cc(Cl)c(Cl)cc21. The van der Waals surface area contributed by atoms with Crippen LogP contribution in [0, 0.1) is 4.77 Å². The van der Waals surface area contributed by atoms with Gasteiger partial charge in [-0.1, -0.05) is 23.2 Å². The lowest BCUT2D eigenvalue weighted by atomic mass is 10.3. The van der Waals surface area contributed by atoms with Crippen LogP contribution < -0.4 is 0 Å². The summed E-state index contributed by atoms with van der Waals surface area (Å²) in [4.78, 5) is 3.10. The van der Waals surface area contributed by atoms with Crippen molar-refractivity contribution in [2.75, 3.05) is 13.2 Å². The van der Waals surface area contributed by atoms with Crippen molar-refractivity contribution in [2.24, 2.45) is 0 Å². The normalized spacial score (nSPS) is 11.2. The summed E-state index contributed by atoms with van der Waals surface area (Å²) in [5.74, 6) is 0. The third-order valence-corrected chi connectivity index (χ3v) is 3.52. The first-order chi connectivity index (χ1) is 8.13. The smallest absolute Gasteiger partial charge is 0.178 e. The van der Waals surface area contributed by atoms with E-state index in [-0.39, 0.29) is 0 Å². The fraction of sp³-hybridized carbons (Fsp3) is 0.364. The number of imidazole rings is 1. The Hall–Kier alpha value is -0.550. The molecule has 0 bridgehead atoms. The first-order valence-corrected chi connectivity index (χ1v) is 6.45. The Bertz CT molecular complexity index is 591. The van der Waals surface area contributed by atoms with Gasteiger partial charge in [-0.15, -0.1) is 0 Å². The molecule has 0 radical (unpaired) electrons. The van der Waals surface area contributed by atoms with Crippen LogP contribution in [0.3, 0.4) is 0 Å². The van der Waals surface area contributed by atoms with Crippen LogP contribution in [0.25, 0.3) is 11.0 Å². The van der Waals surface area contributed by atoms with E-state index >= 15 is 0 Å². The Morgan fingerprint density at radius 2 is 2.06 bits per heavy atom. The fourth-order valence-electron chi connectivity index (χ4n) is 1.67. The monoisotopic (exact) mass is 290 g/mol. The van der Waals surface area contributed by atoms with Gasteiger partial charge in [-0.3, -0.25) is 0 Å². The Kier molecular flexibility index (Phi) is 4.09. The van der Waals surface area contributed by atoms with Gasteiger partial charge in [-0.05, 0) is 31.3 Å². The largest absolute Gasteiger partial charge is 0.380 e. The lowest BCUT2D eigenvalue weighted by Gasteiger charge is -2.05. The third-order valence-electron chi connectivity index (χ3n) is 2.48. The molecule has 1 heterocycles. The minimum atomic E-state index is 0.521. The van der Waals surface area contributed by atoms with Crippen LogP contribution in [0.1, 0.15) is 6.92 Å². The lowest BCUT2D eigenvalue weighted by Crippen LogP contribution is -2.05. The Morgan fingerprint density at radius 1 is 1.35 bits per heavy atom. The van der Waals surface area contributed by atoms with Gasteiger partial charge in [-0.25, -0.2) is 0 Å². The maximum absolute atomic E-state index is 6.01. The van der Waals surface area contributed by atoms with E-state index in [9.17, 15) is 0 Å². The molecule has 0 fully saturated rings. The highest BCUT2D eigenvalue weighted by Crippen LogP contribution is 2.27. The van der Waals surface area contributed by atoms with E-state index < -0.39 is 0 Å². The van der Waals surface area contributed by atoms with Gasteiger partial charge in [0.15, 0.2) is 4.77 Å². The second-order valence-corrected chi connectivity index (χ2v) is 4.76. The first kappa shape index (κ1) is 12.9. The van der Waals surface area contributed by atoms with Gasteiger partial charge in [0.25, 0.3) is 0 Å². The number of aromatic amines is 1. The molecule has 6 heteroatoms. The minimum Gasteiger partial charge on any atom is -0.380 e. The van der Waals surface area contributed by atoms with Crippen molar-refractivity contribution in [3.8, 4) is 0 Å². The van der Waals surface area contributed by atoms with Crippen molar-refractivity contribution in [3.05, 3.63) is 26.9 Å². The molecule has 1 aromatic carbocycles. The van der Waals surface area contributed by atoms with E-state index in [1.165, 1.54) is 0 Å². The quantitative estimate of drug-likeness (QED) is 0.680. The summed E-state index contributed by atoms with van der Waals surface area (Å²) >= 11 is 17.2. The van der Waals surface area contributed by atoms with Crippen LogP contribution in [0.4, 0.5) is 0 Å². The predicted octanol–water partition coefficient (Wildman–Crippen LogP) is 4.04. The number of rotatable bonds is 4. The van der Waals surface area contributed by atoms with Gasteiger partial charge in [0, 0.05) is 13.2 Å². The highest BCUT2D eigenvalue weighted by atomic mass is 35.5. The van der Waals surface area contributed by atoms with Crippen LogP contribution >= 0.6 is 35.4 Å². The van der Waals surface area contributed by atoms with E-state index in [1.807, 2.05) is 17.6 Å². The van der Waals surface area contributed by atoms with Crippen LogP contribution in [0.2, 0.25) is 10.0 Å². The Labute approximate surface area is 114 Å². The Morgan fingerprint density at radius 3 is 2.76 bits per heavy atom. The summed E-state index contributed by atoms with van der Waals surface area (Å²) in [6.45, 7) is 3.98. The van der Waals surface area contributed by atoms with Gasteiger partial charge >= 0.3 is 0 Å². The molecule has 0 spiro atoms. The second-order valence-electron chi connectivity index (χ2n) is 3.56. The summed E-state index contributed by atoms with van der Waals surface area (Å²) in [5, 5.41) is 1.05. The number of hydrogen-bond acceptors (Lipinski definition) is 2. The molecule has 0 aliphatic carbocycles. The maximum Gasteiger partial charge on any atom is 0.178 e. The number of H-pyrrole nitrogens is 1. The van der Waals surface area contributed by atoms with Gasteiger partial charge in [0.05, 0.1) is 27.7 Å². The molecule has 0 unspecified atom stereocenters. The summed E-state index contributed by atoms with van der Waals surface area (Å²) in [7, 11) is 0. The van der Waals surface area contributed by atoms with E-state index in [0.29, 0.717) is 34.6 Å². The number of hydrogen-bond donors (Lipinski definition) is 1. The highest BCUT2D eigenvalue weighted by Gasteiger charge is 2.07. The van der Waals surface area contributed by atoms with Crippen LogP contribution in [0.5, 0.6) is 0 Å². The second kappa shape index (κ2) is 5.40. The standard InChI is InChI=1S/C11H12Cl2N2OS/c1-2-16-4-3-15-10-6-8(13)7(12)5-9(10)14-11(15)17/h5-6H,2-4H2,1H3,(H,14,17). The van der Waals surface area contributed by atoms with Crippen molar-refractivity contribution in [1.82, 2.24) is 9.55 Å². The number of nitrogens with one attached hydrogen (secondary N) is 1.